The van der Waals surface area contributed by atoms with E-state index in [0.29, 0.717) is 6.04 Å². The molecule has 0 aromatic carbocycles. The second-order valence-corrected chi connectivity index (χ2v) is 4.94. The fraction of sp³-hybridized carbons (Fsp3) is 0.750. The third-order valence-electron chi connectivity index (χ3n) is 2.76. The van der Waals surface area contributed by atoms with Crippen LogP contribution in [-0.2, 0) is 9.59 Å². The molecule has 0 bridgehead atoms. The number of aliphatic carboxylic acids is 1. The summed E-state index contributed by atoms with van der Waals surface area (Å²) >= 11 is 0. The molecule has 0 heterocycles. The average Bonchev–Trinajstić information content (AvgIpc) is 3.08. The van der Waals surface area contributed by atoms with E-state index in [2.05, 4.69) is 10.6 Å². The van der Waals surface area contributed by atoms with Gasteiger partial charge in [0.1, 0.15) is 6.54 Å². The van der Waals surface area contributed by atoms with Crippen molar-refractivity contribution in [2.24, 2.45) is 0 Å². The van der Waals surface area contributed by atoms with Crippen LogP contribution < -0.4 is 10.6 Å². The lowest BCUT2D eigenvalue weighted by Gasteiger charge is -2.25. The minimum Gasteiger partial charge on any atom is -0.480 e. The number of hydrogen-bond donors (Lipinski definition) is 3. The number of amides is 3. The first-order valence-electron chi connectivity index (χ1n) is 6.45. The van der Waals surface area contributed by atoms with E-state index >= 15 is 0 Å². The van der Waals surface area contributed by atoms with Gasteiger partial charge in [0.05, 0.1) is 0 Å². The molecule has 0 aromatic heterocycles. The topological polar surface area (TPSA) is 98.7 Å². The zero-order valence-corrected chi connectivity index (χ0v) is 11.3. The summed E-state index contributed by atoms with van der Waals surface area (Å²) in [4.78, 5) is 35.0. The highest BCUT2D eigenvalue weighted by Crippen LogP contribution is 2.18. The number of urea groups is 1. The van der Waals surface area contributed by atoms with Crippen molar-refractivity contribution in [1.82, 2.24) is 15.5 Å². The Morgan fingerprint density at radius 1 is 1.32 bits per heavy atom. The Hall–Kier alpha value is -1.79. The van der Waals surface area contributed by atoms with Crippen LogP contribution in [0.5, 0.6) is 0 Å². The zero-order chi connectivity index (χ0) is 14.4. The third kappa shape index (κ3) is 6.08. The number of carbonyl (C=O) groups excluding carboxylic acids is 2. The molecule has 7 nitrogen and oxygen atoms in total. The van der Waals surface area contributed by atoms with Gasteiger partial charge >= 0.3 is 12.0 Å². The maximum Gasteiger partial charge on any atom is 0.323 e. The van der Waals surface area contributed by atoms with E-state index in [1.807, 2.05) is 0 Å². The van der Waals surface area contributed by atoms with Crippen molar-refractivity contribution in [3.63, 3.8) is 0 Å². The Morgan fingerprint density at radius 2 is 1.95 bits per heavy atom. The molecule has 3 amide bonds. The smallest absolute Gasteiger partial charge is 0.323 e. The minimum absolute atomic E-state index is 0.0860. The molecule has 1 fully saturated rings. The highest BCUT2D eigenvalue weighted by atomic mass is 16.4. The molecule has 0 unspecified atom stereocenters. The van der Waals surface area contributed by atoms with E-state index in [1.54, 1.807) is 13.8 Å². The van der Waals surface area contributed by atoms with Crippen LogP contribution in [0, 0.1) is 0 Å². The van der Waals surface area contributed by atoms with Crippen LogP contribution in [0.4, 0.5) is 4.79 Å². The molecule has 0 aliphatic heterocycles. The van der Waals surface area contributed by atoms with E-state index in [-0.39, 0.29) is 31.5 Å². The van der Waals surface area contributed by atoms with E-state index in [0.717, 1.165) is 12.8 Å². The molecular formula is C12H21N3O4. The molecule has 0 aromatic rings. The fourth-order valence-corrected chi connectivity index (χ4v) is 1.55. The van der Waals surface area contributed by atoms with Crippen molar-refractivity contribution in [2.45, 2.75) is 45.2 Å². The molecule has 1 saturated carbocycles. The Morgan fingerprint density at radius 3 is 2.42 bits per heavy atom. The van der Waals surface area contributed by atoms with Crippen LogP contribution in [0.3, 0.4) is 0 Å². The SMILES string of the molecule is CC(C)N(CC(=O)O)C(=O)NCCC(=O)NC1CC1. The molecule has 19 heavy (non-hydrogen) atoms. The van der Waals surface area contributed by atoms with Crippen molar-refractivity contribution in [3.8, 4) is 0 Å². The predicted octanol–water partition coefficient (Wildman–Crippen LogP) is 0.160. The number of carboxylic acid groups (broad SMARTS) is 1. The summed E-state index contributed by atoms with van der Waals surface area (Å²) in [5.74, 6) is -1.15. The summed E-state index contributed by atoms with van der Waals surface area (Å²) in [6.45, 7) is 3.34. The van der Waals surface area contributed by atoms with Crippen LogP contribution >= 0.6 is 0 Å². The summed E-state index contributed by atoms with van der Waals surface area (Å²) in [7, 11) is 0. The first-order chi connectivity index (χ1) is 8.90. The van der Waals surface area contributed by atoms with Crippen molar-refractivity contribution in [2.75, 3.05) is 13.1 Å². The van der Waals surface area contributed by atoms with E-state index in [9.17, 15) is 14.4 Å². The Balaban J connectivity index is 2.26. The highest BCUT2D eigenvalue weighted by Gasteiger charge is 2.23. The number of rotatable bonds is 7. The first-order valence-corrected chi connectivity index (χ1v) is 6.45. The molecule has 0 spiro atoms. The summed E-state index contributed by atoms with van der Waals surface area (Å²) in [6, 6.07) is -0.365. The van der Waals surface area contributed by atoms with Crippen LogP contribution in [0.2, 0.25) is 0 Å². The molecule has 1 rings (SSSR count). The van der Waals surface area contributed by atoms with E-state index < -0.39 is 12.0 Å². The largest absolute Gasteiger partial charge is 0.480 e. The van der Waals surface area contributed by atoms with Crippen molar-refractivity contribution >= 4 is 17.9 Å². The van der Waals surface area contributed by atoms with Crippen molar-refractivity contribution < 1.29 is 19.5 Å². The number of hydrogen-bond acceptors (Lipinski definition) is 3. The van der Waals surface area contributed by atoms with Crippen LogP contribution in [0.1, 0.15) is 33.1 Å². The van der Waals surface area contributed by atoms with Crippen molar-refractivity contribution in [1.29, 1.82) is 0 Å². The predicted molar refractivity (Wildman–Crippen MR) is 68.7 cm³/mol. The fourth-order valence-electron chi connectivity index (χ4n) is 1.55. The Kier molecular flexibility index (Phi) is 5.59. The van der Waals surface area contributed by atoms with Gasteiger partial charge in [-0.2, -0.15) is 0 Å². The molecule has 0 atom stereocenters. The normalized spacial score (nSPS) is 14.1. The number of nitrogens with one attached hydrogen (secondary N) is 2. The van der Waals surface area contributed by atoms with Crippen molar-refractivity contribution in [3.05, 3.63) is 0 Å². The molecule has 108 valence electrons. The number of carboxylic acids is 1. The Labute approximate surface area is 112 Å². The molecule has 1 aliphatic rings. The standard InChI is InChI=1S/C12H21N3O4/c1-8(2)15(7-11(17)18)12(19)13-6-5-10(16)14-9-3-4-9/h8-9H,3-7H2,1-2H3,(H,13,19)(H,14,16)(H,17,18). The summed E-state index contributed by atoms with van der Waals surface area (Å²) < 4.78 is 0. The second-order valence-electron chi connectivity index (χ2n) is 4.94. The van der Waals surface area contributed by atoms with Gasteiger partial charge in [0.25, 0.3) is 0 Å². The van der Waals surface area contributed by atoms with Gasteiger partial charge in [0.2, 0.25) is 5.91 Å². The van der Waals surface area contributed by atoms with Crippen LogP contribution in [-0.4, -0.2) is 53.1 Å². The zero-order valence-electron chi connectivity index (χ0n) is 11.3. The number of nitrogens with zero attached hydrogens (tertiary/aromatic N) is 1. The van der Waals surface area contributed by atoms with Gasteiger partial charge in [0, 0.05) is 25.0 Å². The summed E-state index contributed by atoms with van der Waals surface area (Å²) in [5.41, 5.74) is 0. The maximum atomic E-state index is 11.8. The van der Waals surface area contributed by atoms with Crippen LogP contribution in [0.25, 0.3) is 0 Å². The van der Waals surface area contributed by atoms with Gasteiger partial charge in [-0.15, -0.1) is 0 Å². The molecule has 1 aliphatic carbocycles. The average molecular weight is 271 g/mol. The van der Waals surface area contributed by atoms with Gasteiger partial charge in [-0.3, -0.25) is 9.59 Å². The van der Waals surface area contributed by atoms with Gasteiger partial charge in [-0.1, -0.05) is 0 Å². The van der Waals surface area contributed by atoms with Gasteiger partial charge in [-0.25, -0.2) is 4.79 Å². The second kappa shape index (κ2) is 6.96. The highest BCUT2D eigenvalue weighted by molar-refractivity contribution is 5.81. The van der Waals surface area contributed by atoms with Gasteiger partial charge in [-0.05, 0) is 26.7 Å². The minimum atomic E-state index is -1.06. The quantitative estimate of drug-likeness (QED) is 0.614. The lowest BCUT2D eigenvalue weighted by atomic mass is 10.3. The van der Waals surface area contributed by atoms with Crippen LogP contribution in [0.15, 0.2) is 0 Å². The molecule has 7 heteroatoms. The molecular weight excluding hydrogens is 250 g/mol. The first kappa shape index (κ1) is 15.3. The maximum absolute atomic E-state index is 11.8. The lowest BCUT2D eigenvalue weighted by molar-refractivity contribution is -0.138. The Bertz CT molecular complexity index is 353. The van der Waals surface area contributed by atoms with Gasteiger partial charge < -0.3 is 20.6 Å². The van der Waals surface area contributed by atoms with E-state index in [1.165, 1.54) is 4.90 Å². The molecule has 3 N–H and O–H groups in total. The van der Waals surface area contributed by atoms with Gasteiger partial charge in [0.15, 0.2) is 0 Å². The van der Waals surface area contributed by atoms with E-state index in [4.69, 9.17) is 5.11 Å². The summed E-state index contributed by atoms with van der Waals surface area (Å²) in [6.07, 6.45) is 2.26. The lowest BCUT2D eigenvalue weighted by Crippen LogP contribution is -2.47. The number of carbonyl (C=O) groups is 3. The monoisotopic (exact) mass is 271 g/mol. The molecule has 0 saturated heterocycles. The summed E-state index contributed by atoms with van der Waals surface area (Å²) in [5, 5.41) is 14.1. The third-order valence-corrected chi connectivity index (χ3v) is 2.76. The molecule has 0 radical (unpaired) electrons.